The summed E-state index contributed by atoms with van der Waals surface area (Å²) in [5.74, 6) is 1.71. The average molecular weight is 374 g/mol. The van der Waals surface area contributed by atoms with Gasteiger partial charge in [-0.2, -0.15) is 0 Å². The summed E-state index contributed by atoms with van der Waals surface area (Å²) in [5.41, 5.74) is 0.720. The molecule has 2 bridgehead atoms. The molecule has 0 aromatic heterocycles. The molecule has 2 aliphatic carbocycles. The fourth-order valence-corrected chi connectivity index (χ4v) is 13.0. The van der Waals surface area contributed by atoms with Crippen molar-refractivity contribution in [3.05, 3.63) is 24.3 Å². The van der Waals surface area contributed by atoms with E-state index in [2.05, 4.69) is 26.0 Å². The average Bonchev–Trinajstić information content (AvgIpc) is 2.99. The van der Waals surface area contributed by atoms with Crippen molar-refractivity contribution in [3.8, 4) is 5.75 Å². The van der Waals surface area contributed by atoms with Gasteiger partial charge in [0.15, 0.2) is 0 Å². The molecule has 1 saturated heterocycles. The molecule has 0 radical (unpaired) electrons. The van der Waals surface area contributed by atoms with Gasteiger partial charge in [-0.05, 0) is 0 Å². The molecule has 1 unspecified atom stereocenters. The van der Waals surface area contributed by atoms with E-state index in [1.165, 1.54) is 23.7 Å². The monoisotopic (exact) mass is 374 g/mol. The summed E-state index contributed by atoms with van der Waals surface area (Å²) in [4.78, 5) is 0. The summed E-state index contributed by atoms with van der Waals surface area (Å²) in [6.45, 7) is 4.89. The molecule has 2 nitrogen and oxygen atoms in total. The SMILES string of the molecule is COc1ccc([Se]2(Cl)C[C@]34CC[C@H](C[C@H]3O2)C4(C)C)cc1. The van der Waals surface area contributed by atoms with Crippen LogP contribution in [0.3, 0.4) is 0 Å². The zero-order valence-corrected chi connectivity index (χ0v) is 15.4. The Bertz CT molecular complexity index is 573. The van der Waals surface area contributed by atoms with Gasteiger partial charge in [-0.25, -0.2) is 0 Å². The van der Waals surface area contributed by atoms with Crippen LogP contribution in [0, 0.1) is 16.7 Å². The molecule has 4 rings (SSSR count). The first kappa shape index (κ1) is 14.4. The molecule has 0 amide bonds. The third kappa shape index (κ3) is 1.75. The first-order valence-electron chi connectivity index (χ1n) is 7.74. The summed E-state index contributed by atoms with van der Waals surface area (Å²) in [6, 6.07) is 8.25. The number of rotatable bonds is 2. The third-order valence-corrected chi connectivity index (χ3v) is 13.4. The van der Waals surface area contributed by atoms with Crippen LogP contribution in [0.5, 0.6) is 5.75 Å². The summed E-state index contributed by atoms with van der Waals surface area (Å²) in [7, 11) is 8.80. The molecule has 1 heterocycles. The first-order chi connectivity index (χ1) is 9.91. The number of hydrogen-bond donors (Lipinski definition) is 0. The van der Waals surface area contributed by atoms with Crippen LogP contribution in [0.1, 0.15) is 33.1 Å². The Morgan fingerprint density at radius 3 is 2.57 bits per heavy atom. The number of benzene rings is 1. The Kier molecular flexibility index (Phi) is 3.02. The molecule has 116 valence electrons. The number of hydrogen-bond acceptors (Lipinski definition) is 2. The standard InChI is InChI=1S/C17H23ClO2Se/c1-16(2)12-8-9-17(16)11-21(18,20-15(17)10-12)14-6-4-13(19-3)5-7-14/h4-7,12,15H,8-11H2,1-3H3/t12-,15-,17-/m1/s1. The number of methoxy groups -OCH3 is 1. The van der Waals surface area contributed by atoms with Crippen molar-refractivity contribution in [1.29, 1.82) is 0 Å². The molecule has 3 fully saturated rings. The molecule has 0 N–H and O–H groups in total. The van der Waals surface area contributed by atoms with Gasteiger partial charge in [0.05, 0.1) is 0 Å². The van der Waals surface area contributed by atoms with Gasteiger partial charge in [0, 0.05) is 0 Å². The minimum absolute atomic E-state index is 0.333. The van der Waals surface area contributed by atoms with E-state index in [0.717, 1.165) is 17.0 Å². The summed E-state index contributed by atoms with van der Waals surface area (Å²) >= 11 is -2.54. The molecule has 1 spiro atoms. The van der Waals surface area contributed by atoms with Crippen molar-refractivity contribution in [2.45, 2.75) is 44.5 Å². The van der Waals surface area contributed by atoms with Crippen LogP contribution in [0.15, 0.2) is 24.3 Å². The van der Waals surface area contributed by atoms with Crippen molar-refractivity contribution < 1.29 is 8.56 Å². The van der Waals surface area contributed by atoms with Crippen LogP contribution in [0.4, 0.5) is 0 Å². The van der Waals surface area contributed by atoms with Gasteiger partial charge < -0.3 is 0 Å². The molecule has 1 aliphatic heterocycles. The van der Waals surface area contributed by atoms with Gasteiger partial charge in [-0.15, -0.1) is 0 Å². The molecular formula is C17H23ClO2Se. The van der Waals surface area contributed by atoms with Crippen LogP contribution in [-0.4, -0.2) is 25.5 Å². The van der Waals surface area contributed by atoms with E-state index in [-0.39, 0.29) is 0 Å². The predicted octanol–water partition coefficient (Wildman–Crippen LogP) is 3.81. The first-order valence-corrected chi connectivity index (χ1v) is 12.8. The summed E-state index contributed by atoms with van der Waals surface area (Å²) in [5, 5.41) is 1.09. The Labute approximate surface area is 133 Å². The molecule has 1 aromatic rings. The van der Waals surface area contributed by atoms with E-state index in [0.29, 0.717) is 16.9 Å². The van der Waals surface area contributed by atoms with Crippen LogP contribution in [0.25, 0.3) is 0 Å². The number of halogens is 1. The predicted molar refractivity (Wildman–Crippen MR) is 87.5 cm³/mol. The van der Waals surface area contributed by atoms with Crippen LogP contribution < -0.4 is 9.20 Å². The fraction of sp³-hybridized carbons (Fsp3) is 0.647. The van der Waals surface area contributed by atoms with Crippen molar-refractivity contribution in [1.82, 2.24) is 0 Å². The van der Waals surface area contributed by atoms with Gasteiger partial charge in [0.1, 0.15) is 0 Å². The Morgan fingerprint density at radius 2 is 2.00 bits per heavy atom. The maximum atomic E-state index is 7.10. The fourth-order valence-electron chi connectivity index (χ4n) is 4.94. The van der Waals surface area contributed by atoms with E-state index >= 15 is 0 Å². The van der Waals surface area contributed by atoms with Crippen LogP contribution in [-0.2, 0) is 3.82 Å². The molecule has 4 heteroatoms. The topological polar surface area (TPSA) is 18.5 Å². The minimum atomic E-state index is -2.54. The second-order valence-corrected chi connectivity index (χ2v) is 14.4. The number of fused-ring (bicyclic) bond motifs is 1. The van der Waals surface area contributed by atoms with Gasteiger partial charge >= 0.3 is 134 Å². The maximum absolute atomic E-state index is 7.10. The quantitative estimate of drug-likeness (QED) is 0.734. The Balaban J connectivity index is 1.69. The van der Waals surface area contributed by atoms with E-state index in [9.17, 15) is 0 Å². The van der Waals surface area contributed by atoms with E-state index in [1.54, 1.807) is 7.11 Å². The third-order valence-electron chi connectivity index (χ3n) is 6.48. The Hall–Kier alpha value is -0.211. The van der Waals surface area contributed by atoms with E-state index in [1.807, 2.05) is 12.1 Å². The zero-order chi connectivity index (χ0) is 14.9. The van der Waals surface area contributed by atoms with E-state index in [4.69, 9.17) is 18.7 Å². The molecule has 4 atom stereocenters. The molecule has 3 aliphatic rings. The van der Waals surface area contributed by atoms with Crippen molar-refractivity contribution in [2.75, 3.05) is 7.11 Å². The number of ether oxygens (including phenoxy) is 1. The second-order valence-electron chi connectivity index (χ2n) is 7.35. The van der Waals surface area contributed by atoms with Crippen LogP contribution in [0.2, 0.25) is 5.32 Å². The zero-order valence-electron chi connectivity index (χ0n) is 12.9. The van der Waals surface area contributed by atoms with Crippen molar-refractivity contribution >= 4 is 26.8 Å². The van der Waals surface area contributed by atoms with Crippen molar-refractivity contribution in [2.24, 2.45) is 16.7 Å². The van der Waals surface area contributed by atoms with Gasteiger partial charge in [0.2, 0.25) is 0 Å². The van der Waals surface area contributed by atoms with Gasteiger partial charge in [0.25, 0.3) is 0 Å². The van der Waals surface area contributed by atoms with Gasteiger partial charge in [-0.3, -0.25) is 0 Å². The molecule has 2 saturated carbocycles. The molecular weight excluding hydrogens is 351 g/mol. The summed E-state index contributed by atoms with van der Waals surface area (Å²) < 4.78 is 13.0. The second kappa shape index (κ2) is 4.41. The van der Waals surface area contributed by atoms with Crippen LogP contribution >= 0.6 is 10.1 Å². The van der Waals surface area contributed by atoms with E-state index < -0.39 is 12.3 Å². The summed E-state index contributed by atoms with van der Waals surface area (Å²) in [6.07, 6.45) is 4.28. The van der Waals surface area contributed by atoms with Crippen molar-refractivity contribution in [3.63, 3.8) is 0 Å². The Morgan fingerprint density at radius 1 is 1.29 bits per heavy atom. The molecule has 21 heavy (non-hydrogen) atoms. The molecule has 1 aromatic carbocycles. The van der Waals surface area contributed by atoms with Gasteiger partial charge in [-0.1, -0.05) is 0 Å². The normalized spacial score (nSPS) is 46.1.